The summed E-state index contributed by atoms with van der Waals surface area (Å²) in [5.41, 5.74) is 8.14. The molecule has 1 aromatic carbocycles. The predicted octanol–water partition coefficient (Wildman–Crippen LogP) is 3.49. The number of amides is 1. The van der Waals surface area contributed by atoms with Gasteiger partial charge in [-0.25, -0.2) is 9.37 Å². The van der Waals surface area contributed by atoms with Gasteiger partial charge in [0.2, 0.25) is 5.91 Å². The predicted molar refractivity (Wildman–Crippen MR) is 154 cm³/mol. The number of benzene rings is 1. The van der Waals surface area contributed by atoms with E-state index >= 15 is 0 Å². The van der Waals surface area contributed by atoms with Crippen molar-refractivity contribution in [2.75, 3.05) is 30.3 Å². The zero-order valence-corrected chi connectivity index (χ0v) is 24.1. The number of rotatable bonds is 12. The van der Waals surface area contributed by atoms with Gasteiger partial charge in [0.1, 0.15) is 11.6 Å². The summed E-state index contributed by atoms with van der Waals surface area (Å²) in [6.45, 7) is 11.5. The summed E-state index contributed by atoms with van der Waals surface area (Å²) in [4.78, 5) is 18.5. The number of hydrogen-bond donors (Lipinski definition) is 3. The van der Waals surface area contributed by atoms with E-state index in [1.54, 1.807) is 24.4 Å². The molecule has 6 nitrogen and oxygen atoms in total. The molecule has 0 aliphatic carbocycles. The van der Waals surface area contributed by atoms with Crippen LogP contribution >= 0.6 is 34.2 Å². The van der Waals surface area contributed by atoms with Gasteiger partial charge in [-0.15, -0.1) is 13.1 Å². The normalized spacial score (nSPS) is 11.8. The first-order valence-electron chi connectivity index (χ1n) is 10.9. The molecule has 0 unspecified atom stereocenters. The number of nitrogens with zero attached hydrogens (tertiary/aromatic N) is 2. The minimum atomic E-state index is -0.451. The number of halogens is 3. The van der Waals surface area contributed by atoms with Gasteiger partial charge >= 0.3 is 18.9 Å². The van der Waals surface area contributed by atoms with Crippen LogP contribution in [0.2, 0.25) is 5.02 Å². The van der Waals surface area contributed by atoms with Crippen molar-refractivity contribution in [3.05, 3.63) is 89.6 Å². The van der Waals surface area contributed by atoms with E-state index in [0.717, 1.165) is 22.1 Å². The van der Waals surface area contributed by atoms with E-state index in [9.17, 15) is 9.18 Å². The number of allylic oxidation sites excluding steroid dienone is 2. The van der Waals surface area contributed by atoms with Crippen molar-refractivity contribution < 1.29 is 28.0 Å². The molecule has 0 radical (unpaired) electrons. The summed E-state index contributed by atoms with van der Waals surface area (Å²) < 4.78 is 15.3. The molecular weight excluding hydrogens is 587 g/mol. The van der Waals surface area contributed by atoms with Crippen LogP contribution in [0, 0.1) is 27.1 Å². The third-order valence-corrected chi connectivity index (χ3v) is 6.25. The van der Waals surface area contributed by atoms with E-state index in [2.05, 4.69) is 59.0 Å². The number of carbonyl (C=O) groups is 1. The molecule has 0 aliphatic rings. The Morgan fingerprint density at radius 1 is 1.22 bits per heavy atom. The molecular formula is C26H33ClFILiN5O-2. The van der Waals surface area contributed by atoms with Crippen LogP contribution in [0.15, 0.2) is 51.9 Å². The molecule has 1 amide bonds. The minimum Gasteiger partial charge on any atom is -0.398 e. The van der Waals surface area contributed by atoms with Gasteiger partial charge < -0.3 is 42.5 Å². The third-order valence-electron chi connectivity index (χ3n) is 4.89. The van der Waals surface area contributed by atoms with E-state index in [1.165, 1.54) is 18.2 Å². The second kappa shape index (κ2) is 17.8. The van der Waals surface area contributed by atoms with Crippen LogP contribution in [0.4, 0.5) is 15.9 Å². The summed E-state index contributed by atoms with van der Waals surface area (Å²) >= 11 is 8.27. The average Bonchev–Trinajstić information content (AvgIpc) is 2.81. The molecule has 192 valence electrons. The Morgan fingerprint density at radius 2 is 1.92 bits per heavy atom. The number of pyridine rings is 1. The summed E-state index contributed by atoms with van der Waals surface area (Å²) in [6, 6.07) is 7.78. The quantitative estimate of drug-likeness (QED) is 0.147. The van der Waals surface area contributed by atoms with Gasteiger partial charge in [-0.1, -0.05) is 24.9 Å². The topological polar surface area (TPSA) is 83.3 Å². The maximum absolute atomic E-state index is 14.3. The number of hydrogen-bond acceptors (Lipinski definition) is 5. The van der Waals surface area contributed by atoms with E-state index in [4.69, 9.17) is 17.3 Å². The van der Waals surface area contributed by atoms with Crippen LogP contribution in [-0.2, 0) is 4.79 Å². The third kappa shape index (κ3) is 11.2. The molecule has 0 aliphatic heterocycles. The Balaban J connectivity index is 0.00000612. The molecule has 2 aromatic rings. The Morgan fingerprint density at radius 3 is 2.56 bits per heavy atom. The van der Waals surface area contributed by atoms with E-state index in [0.29, 0.717) is 42.6 Å². The maximum atomic E-state index is 14.3. The summed E-state index contributed by atoms with van der Waals surface area (Å²) in [7, 11) is 0. The van der Waals surface area contributed by atoms with Gasteiger partial charge in [-0.3, -0.25) is 4.79 Å². The number of nitrogens with two attached hydrogens (primary N) is 1. The first-order valence-corrected chi connectivity index (χ1v) is 12.4. The van der Waals surface area contributed by atoms with Crippen LogP contribution in [0.3, 0.4) is 0 Å². The van der Waals surface area contributed by atoms with Crippen molar-refractivity contribution in [2.24, 2.45) is 5.73 Å². The summed E-state index contributed by atoms with van der Waals surface area (Å²) in [5, 5.41) is 6.54. The molecule has 0 saturated carbocycles. The number of aromatic nitrogens is 1. The zero-order valence-electron chi connectivity index (χ0n) is 21.2. The van der Waals surface area contributed by atoms with E-state index < -0.39 is 5.82 Å². The minimum absolute atomic E-state index is 0. The SMILES string of the molecule is [CH2-]CN(C[CH2-])CCC(=O)Nc1cc(NC(/C=C(\N)c2cc(Cl)ccc2F)=C(/I)CCC)ccn1.[CH3-].[Li+]. The Hall–Kier alpha value is -1.57. The molecule has 0 bridgehead atoms. The Bertz CT molecular complexity index is 1050. The van der Waals surface area contributed by atoms with Crippen molar-refractivity contribution in [2.45, 2.75) is 26.2 Å². The van der Waals surface area contributed by atoms with Crippen LogP contribution in [0.5, 0.6) is 0 Å². The first-order chi connectivity index (χ1) is 16.3. The van der Waals surface area contributed by atoms with Crippen LogP contribution in [0.25, 0.3) is 5.70 Å². The van der Waals surface area contributed by atoms with Crippen LogP contribution in [0.1, 0.15) is 31.7 Å². The standard InChI is InChI=1S/C25H30ClFIN5O.CH3.Li/c1-4-7-21(28)23(16-22(29)19-14-17(26)8-9-20(19)27)31-18-10-12-30-24(15-18)32-25(34)11-13-33(5-2)6-3;;/h8-10,12,14-16H,2-7,11,13,29H2,1H3,(H2,30,31,32,34);1H3;/q-2;-1;+1/b22-16-,23-21+;;. The molecule has 4 N–H and O–H groups in total. The fourth-order valence-corrected chi connectivity index (χ4v) is 4.02. The molecule has 0 fully saturated rings. The monoisotopic (exact) mass is 619 g/mol. The van der Waals surface area contributed by atoms with Crippen LogP contribution < -0.4 is 35.2 Å². The molecule has 1 heterocycles. The van der Waals surface area contributed by atoms with Gasteiger partial charge in [0, 0.05) is 56.5 Å². The molecule has 10 heteroatoms. The Labute approximate surface area is 245 Å². The number of nitrogens with one attached hydrogen (secondary N) is 2. The van der Waals surface area contributed by atoms with Crippen molar-refractivity contribution in [1.82, 2.24) is 9.88 Å². The Kier molecular flexibility index (Phi) is 17.0. The number of carbonyl (C=O) groups excluding carboxylic acids is 1. The molecule has 1 aromatic heterocycles. The summed E-state index contributed by atoms with van der Waals surface area (Å²) in [5.74, 6) is -0.171. The molecule has 0 spiro atoms. The largest absolute Gasteiger partial charge is 1.00 e. The van der Waals surface area contributed by atoms with Gasteiger partial charge in [-0.2, -0.15) is 0 Å². The van der Waals surface area contributed by atoms with Crippen molar-refractivity contribution in [3.8, 4) is 0 Å². The zero-order chi connectivity index (χ0) is 25.1. The smallest absolute Gasteiger partial charge is 0.398 e. The fraction of sp³-hybridized carbons (Fsp3) is 0.269. The summed E-state index contributed by atoms with van der Waals surface area (Å²) in [6.07, 6.45) is 5.35. The van der Waals surface area contributed by atoms with E-state index in [-0.39, 0.29) is 43.5 Å². The van der Waals surface area contributed by atoms with Crippen molar-refractivity contribution in [3.63, 3.8) is 0 Å². The van der Waals surface area contributed by atoms with E-state index in [1.807, 2.05) is 4.90 Å². The average molecular weight is 620 g/mol. The van der Waals surface area contributed by atoms with Crippen molar-refractivity contribution in [1.29, 1.82) is 0 Å². The van der Waals surface area contributed by atoms with Crippen LogP contribution in [-0.4, -0.2) is 35.4 Å². The van der Waals surface area contributed by atoms with Gasteiger partial charge in [-0.05, 0) is 59.4 Å². The van der Waals surface area contributed by atoms with Gasteiger partial charge in [0.25, 0.3) is 0 Å². The maximum Gasteiger partial charge on any atom is 1.00 e. The van der Waals surface area contributed by atoms with Crippen molar-refractivity contribution >= 4 is 57.3 Å². The number of anilines is 2. The van der Waals surface area contributed by atoms with Gasteiger partial charge in [0.05, 0.1) is 0 Å². The van der Waals surface area contributed by atoms with Gasteiger partial charge in [0.15, 0.2) is 0 Å². The molecule has 36 heavy (non-hydrogen) atoms. The molecule has 2 rings (SSSR count). The second-order valence-electron chi connectivity index (χ2n) is 7.49. The first kappa shape index (κ1) is 34.4. The molecule has 0 atom stereocenters. The second-order valence-corrected chi connectivity index (χ2v) is 9.23. The molecule has 0 saturated heterocycles. The fourth-order valence-electron chi connectivity index (χ4n) is 3.02.